The Labute approximate surface area is 203 Å². The van der Waals surface area contributed by atoms with Gasteiger partial charge in [-0.2, -0.15) is 0 Å². The molecular formula is C26H31BrO6. The molecule has 7 heteroatoms. The maximum atomic E-state index is 13.1. The van der Waals surface area contributed by atoms with Crippen molar-refractivity contribution in [2.75, 3.05) is 39.9 Å². The maximum absolute atomic E-state index is 13.1. The predicted molar refractivity (Wildman–Crippen MR) is 133 cm³/mol. The molecule has 6 nitrogen and oxygen atoms in total. The summed E-state index contributed by atoms with van der Waals surface area (Å²) < 4.78 is 27.9. The lowest BCUT2D eigenvalue weighted by molar-refractivity contribution is 0.100. The molecule has 1 heterocycles. The van der Waals surface area contributed by atoms with Gasteiger partial charge >= 0.3 is 0 Å². The van der Waals surface area contributed by atoms with Crippen LogP contribution in [-0.2, 0) is 0 Å². The quantitative estimate of drug-likeness (QED) is 0.192. The summed E-state index contributed by atoms with van der Waals surface area (Å²) >= 11 is 3.46. The Bertz CT molecular complexity index is 960. The number of Topliss-reactive ketones (excluding diaryl/α,β-unsaturated/α-hetero) is 1. The molecule has 0 amide bonds. The molecule has 0 aliphatic carbocycles. The van der Waals surface area contributed by atoms with Crippen LogP contribution in [0.1, 0.15) is 48.0 Å². The molecule has 2 aromatic carbocycles. The Balaban J connectivity index is 1.68. The summed E-state index contributed by atoms with van der Waals surface area (Å²) in [5.74, 6) is 2.76. The molecule has 2 aromatic rings. The van der Waals surface area contributed by atoms with Gasteiger partial charge in [0.1, 0.15) is 18.1 Å². The minimum atomic E-state index is -0.0663. The second-order valence-corrected chi connectivity index (χ2v) is 8.50. The van der Waals surface area contributed by atoms with Gasteiger partial charge in [-0.05, 0) is 48.7 Å². The number of rotatable bonds is 12. The van der Waals surface area contributed by atoms with Crippen LogP contribution in [0.5, 0.6) is 28.7 Å². The lowest BCUT2D eigenvalue weighted by Gasteiger charge is -2.20. The minimum absolute atomic E-state index is 0.0663. The molecule has 0 fully saturated rings. The van der Waals surface area contributed by atoms with Gasteiger partial charge in [0.2, 0.25) is 5.75 Å². The molecule has 0 spiro atoms. The second kappa shape index (κ2) is 12.5. The number of carbonyl (C=O) groups excluding carboxylic acids is 1. The monoisotopic (exact) mass is 518 g/mol. The van der Waals surface area contributed by atoms with Gasteiger partial charge in [0.05, 0.1) is 33.5 Å². The van der Waals surface area contributed by atoms with Crippen molar-refractivity contribution in [1.29, 1.82) is 0 Å². The Kier molecular flexibility index (Phi) is 9.48. The van der Waals surface area contributed by atoms with Crippen molar-refractivity contribution in [3.8, 4) is 28.7 Å². The Morgan fingerprint density at radius 3 is 2.30 bits per heavy atom. The van der Waals surface area contributed by atoms with Gasteiger partial charge in [-0.25, -0.2) is 0 Å². The number of benzene rings is 2. The molecule has 0 aromatic heterocycles. The number of unbranched alkanes of at least 4 members (excludes halogenated alkanes) is 4. The van der Waals surface area contributed by atoms with Crippen LogP contribution in [0.2, 0.25) is 0 Å². The van der Waals surface area contributed by atoms with Crippen molar-refractivity contribution >= 4 is 27.8 Å². The number of methoxy groups -OCH3 is 3. The van der Waals surface area contributed by atoms with Crippen molar-refractivity contribution in [1.82, 2.24) is 0 Å². The van der Waals surface area contributed by atoms with Crippen LogP contribution >= 0.6 is 15.9 Å². The normalized spacial score (nSPS) is 13.9. The molecule has 0 bridgehead atoms. The summed E-state index contributed by atoms with van der Waals surface area (Å²) in [4.78, 5) is 13.1. The summed E-state index contributed by atoms with van der Waals surface area (Å²) in [6.07, 6.45) is 7.63. The average molecular weight is 519 g/mol. The smallest absolute Gasteiger partial charge is 0.203 e. The van der Waals surface area contributed by atoms with E-state index in [4.69, 9.17) is 23.7 Å². The van der Waals surface area contributed by atoms with E-state index in [-0.39, 0.29) is 12.4 Å². The largest absolute Gasteiger partial charge is 0.493 e. The molecule has 0 radical (unpaired) electrons. The molecule has 1 aliphatic rings. The van der Waals surface area contributed by atoms with Crippen molar-refractivity contribution in [2.45, 2.75) is 32.1 Å². The third kappa shape index (κ3) is 6.44. The molecule has 178 valence electrons. The molecule has 3 rings (SSSR count). The number of ketones is 1. The summed E-state index contributed by atoms with van der Waals surface area (Å²) in [7, 11) is 4.67. The summed E-state index contributed by atoms with van der Waals surface area (Å²) in [6.45, 7) is 0.840. The van der Waals surface area contributed by atoms with Crippen molar-refractivity contribution in [3.63, 3.8) is 0 Å². The van der Waals surface area contributed by atoms with E-state index in [1.165, 1.54) is 19.3 Å². The number of fused-ring (bicyclic) bond motifs is 1. The zero-order valence-corrected chi connectivity index (χ0v) is 21.0. The van der Waals surface area contributed by atoms with E-state index in [9.17, 15) is 4.79 Å². The fourth-order valence-corrected chi connectivity index (χ4v) is 4.10. The van der Waals surface area contributed by atoms with Gasteiger partial charge in [-0.3, -0.25) is 4.79 Å². The summed E-state index contributed by atoms with van der Waals surface area (Å²) in [5, 5.41) is 1.07. The number of carbonyl (C=O) groups is 1. The van der Waals surface area contributed by atoms with Gasteiger partial charge in [-0.15, -0.1) is 0 Å². The van der Waals surface area contributed by atoms with E-state index in [2.05, 4.69) is 15.9 Å². The molecule has 0 saturated carbocycles. The van der Waals surface area contributed by atoms with Gasteiger partial charge < -0.3 is 23.7 Å². The number of hydrogen-bond donors (Lipinski definition) is 0. The van der Waals surface area contributed by atoms with Crippen LogP contribution in [0.3, 0.4) is 0 Å². The molecule has 0 atom stereocenters. The zero-order chi connectivity index (χ0) is 23.6. The third-order valence-electron chi connectivity index (χ3n) is 5.45. The molecule has 1 aliphatic heterocycles. The van der Waals surface area contributed by atoms with Crippen molar-refractivity contribution in [3.05, 3.63) is 47.0 Å². The predicted octanol–water partition coefficient (Wildman–Crippen LogP) is 6.10. The lowest BCUT2D eigenvalue weighted by atomic mass is 9.98. The van der Waals surface area contributed by atoms with Gasteiger partial charge in [-0.1, -0.05) is 35.2 Å². The lowest BCUT2D eigenvalue weighted by Crippen LogP contribution is -2.19. The fraction of sp³-hybridized carbons (Fsp3) is 0.423. The standard InChI is InChI=1S/C26H31BrO6/c1-29-23-14-18(15-24(30-2)26(23)31-3)13-19-17-33-22-16-20(9-10-21(22)25(19)28)32-12-8-6-4-5-7-11-27/h9-10,13-16H,4-8,11-12,17H2,1-3H3/b19-13+. The van der Waals surface area contributed by atoms with Crippen LogP contribution < -0.4 is 23.7 Å². The van der Waals surface area contributed by atoms with Gasteiger partial charge in [0.25, 0.3) is 0 Å². The molecule has 0 unspecified atom stereocenters. The van der Waals surface area contributed by atoms with Crippen LogP contribution in [0.15, 0.2) is 35.9 Å². The fourth-order valence-electron chi connectivity index (χ4n) is 3.70. The van der Waals surface area contributed by atoms with E-state index < -0.39 is 0 Å². The highest BCUT2D eigenvalue weighted by Crippen LogP contribution is 2.39. The van der Waals surface area contributed by atoms with Crippen LogP contribution in [-0.4, -0.2) is 45.7 Å². The highest BCUT2D eigenvalue weighted by Gasteiger charge is 2.24. The minimum Gasteiger partial charge on any atom is -0.493 e. The maximum Gasteiger partial charge on any atom is 0.203 e. The number of halogens is 1. The van der Waals surface area contributed by atoms with E-state index in [0.717, 1.165) is 29.5 Å². The highest BCUT2D eigenvalue weighted by molar-refractivity contribution is 9.09. The summed E-state index contributed by atoms with van der Waals surface area (Å²) in [5.41, 5.74) is 1.84. The number of ether oxygens (including phenoxy) is 5. The molecular weight excluding hydrogens is 488 g/mol. The molecule has 0 N–H and O–H groups in total. The van der Waals surface area contributed by atoms with E-state index in [1.807, 2.05) is 6.07 Å². The van der Waals surface area contributed by atoms with Crippen LogP contribution in [0.25, 0.3) is 6.08 Å². The van der Waals surface area contributed by atoms with E-state index >= 15 is 0 Å². The van der Waals surface area contributed by atoms with Crippen LogP contribution in [0, 0.1) is 0 Å². The Hall–Kier alpha value is -2.67. The first-order valence-electron chi connectivity index (χ1n) is 11.1. The van der Waals surface area contributed by atoms with Crippen LogP contribution in [0.4, 0.5) is 0 Å². The highest BCUT2D eigenvalue weighted by atomic mass is 79.9. The topological polar surface area (TPSA) is 63.2 Å². The van der Waals surface area contributed by atoms with Crippen molar-refractivity contribution in [2.24, 2.45) is 0 Å². The number of hydrogen-bond acceptors (Lipinski definition) is 6. The van der Waals surface area contributed by atoms with E-state index in [0.29, 0.717) is 40.7 Å². The third-order valence-corrected chi connectivity index (χ3v) is 6.01. The van der Waals surface area contributed by atoms with Gasteiger partial charge in [0, 0.05) is 17.0 Å². The number of alkyl halides is 1. The average Bonchev–Trinajstić information content (AvgIpc) is 2.84. The zero-order valence-electron chi connectivity index (χ0n) is 19.4. The second-order valence-electron chi connectivity index (χ2n) is 7.71. The van der Waals surface area contributed by atoms with Gasteiger partial charge in [0.15, 0.2) is 17.3 Å². The molecule has 0 saturated heterocycles. The Morgan fingerprint density at radius 1 is 0.939 bits per heavy atom. The Morgan fingerprint density at radius 2 is 1.64 bits per heavy atom. The SMILES string of the molecule is COc1cc(/C=C2\COc3cc(OCCCCCCCBr)ccc3C2=O)cc(OC)c1OC. The van der Waals surface area contributed by atoms with Crippen molar-refractivity contribution < 1.29 is 28.5 Å². The summed E-state index contributed by atoms with van der Waals surface area (Å²) in [6, 6.07) is 8.99. The first-order chi connectivity index (χ1) is 16.1. The first-order valence-corrected chi connectivity index (χ1v) is 12.2. The first kappa shape index (κ1) is 25.0. The van der Waals surface area contributed by atoms with E-state index in [1.54, 1.807) is 51.7 Å². The molecule has 33 heavy (non-hydrogen) atoms.